The highest BCUT2D eigenvalue weighted by molar-refractivity contribution is 9.10. The molecule has 3 nitrogen and oxygen atoms in total. The van der Waals surface area contributed by atoms with E-state index in [0.717, 1.165) is 6.07 Å². The molecule has 0 saturated carbocycles. The predicted molar refractivity (Wildman–Crippen MR) is 82.0 cm³/mol. The third-order valence-corrected chi connectivity index (χ3v) is 4.33. The quantitative estimate of drug-likeness (QED) is 0.681. The lowest BCUT2D eigenvalue weighted by molar-refractivity contribution is -0.137. The second-order valence-corrected chi connectivity index (χ2v) is 5.84. The summed E-state index contributed by atoms with van der Waals surface area (Å²) in [4.78, 5) is 25.3. The second-order valence-electron chi connectivity index (χ2n) is 4.98. The van der Waals surface area contributed by atoms with Crippen molar-refractivity contribution < 1.29 is 22.8 Å². The number of halogens is 4. The fourth-order valence-corrected chi connectivity index (χ4v) is 3.34. The zero-order valence-corrected chi connectivity index (χ0v) is 13.3. The highest BCUT2D eigenvalue weighted by Gasteiger charge is 2.40. The summed E-state index contributed by atoms with van der Waals surface area (Å²) in [6, 6.07) is 6.92. The van der Waals surface area contributed by atoms with Crippen LogP contribution in [0.25, 0.3) is 0 Å². The van der Waals surface area contributed by atoms with E-state index in [9.17, 15) is 22.8 Å². The molecule has 1 aliphatic carbocycles. The van der Waals surface area contributed by atoms with E-state index in [1.165, 1.54) is 19.2 Å². The number of benzene rings is 2. The average molecular weight is 384 g/mol. The molecule has 0 amide bonds. The standard InChI is InChI=1S/C16H9BrF3NO2/c1-21-13-9(16(18,19)20)6-10(17)11-12(13)15(23)8-5-3-2-4-7(8)14(11)22/h2-6,21H,1H3. The molecule has 0 aromatic heterocycles. The summed E-state index contributed by atoms with van der Waals surface area (Å²) in [7, 11) is 1.29. The molecule has 0 saturated heterocycles. The Morgan fingerprint density at radius 3 is 2.00 bits per heavy atom. The van der Waals surface area contributed by atoms with Crippen LogP contribution in [0.5, 0.6) is 0 Å². The summed E-state index contributed by atoms with van der Waals surface area (Å²) < 4.78 is 39.7. The third kappa shape index (κ3) is 2.26. The Morgan fingerprint density at radius 2 is 1.52 bits per heavy atom. The smallest absolute Gasteiger partial charge is 0.387 e. The maximum Gasteiger partial charge on any atom is 0.418 e. The van der Waals surface area contributed by atoms with Crippen LogP contribution < -0.4 is 5.32 Å². The summed E-state index contributed by atoms with van der Waals surface area (Å²) in [6.45, 7) is 0. The van der Waals surface area contributed by atoms with Crippen LogP contribution in [0.15, 0.2) is 34.8 Å². The fraction of sp³-hybridized carbons (Fsp3) is 0.125. The number of ketones is 2. The van der Waals surface area contributed by atoms with Gasteiger partial charge in [-0.05, 0) is 22.0 Å². The number of alkyl halides is 3. The number of hydrogen-bond donors (Lipinski definition) is 1. The van der Waals surface area contributed by atoms with Crippen molar-refractivity contribution in [2.75, 3.05) is 12.4 Å². The highest BCUT2D eigenvalue weighted by Crippen LogP contribution is 2.44. The Balaban J connectivity index is 2.41. The third-order valence-electron chi connectivity index (χ3n) is 3.71. The molecule has 0 heterocycles. The number of nitrogens with one attached hydrogen (secondary N) is 1. The van der Waals surface area contributed by atoms with Crippen molar-refractivity contribution in [1.82, 2.24) is 0 Å². The number of fused-ring (bicyclic) bond motifs is 2. The molecular weight excluding hydrogens is 375 g/mol. The molecule has 3 rings (SSSR count). The summed E-state index contributed by atoms with van der Waals surface area (Å²) in [5.74, 6) is -1.08. The fourth-order valence-electron chi connectivity index (χ4n) is 2.73. The Labute approximate surface area is 137 Å². The largest absolute Gasteiger partial charge is 0.418 e. The van der Waals surface area contributed by atoms with Crippen LogP contribution in [-0.2, 0) is 6.18 Å². The Bertz CT molecular complexity index is 859. The first-order chi connectivity index (χ1) is 10.8. The van der Waals surface area contributed by atoms with Gasteiger partial charge in [0.25, 0.3) is 0 Å². The highest BCUT2D eigenvalue weighted by atomic mass is 79.9. The molecule has 1 aliphatic rings. The molecule has 0 fully saturated rings. The van der Waals surface area contributed by atoms with Crippen LogP contribution in [0.2, 0.25) is 0 Å². The van der Waals surface area contributed by atoms with Gasteiger partial charge in [0.2, 0.25) is 0 Å². The van der Waals surface area contributed by atoms with Gasteiger partial charge in [-0.3, -0.25) is 9.59 Å². The van der Waals surface area contributed by atoms with Crippen LogP contribution in [-0.4, -0.2) is 18.6 Å². The molecule has 23 heavy (non-hydrogen) atoms. The molecule has 7 heteroatoms. The Morgan fingerprint density at radius 1 is 1.00 bits per heavy atom. The van der Waals surface area contributed by atoms with Crippen LogP contribution in [0.1, 0.15) is 37.4 Å². The van der Waals surface area contributed by atoms with Crippen molar-refractivity contribution in [3.05, 3.63) is 62.6 Å². The minimum atomic E-state index is -4.66. The summed E-state index contributed by atoms with van der Waals surface area (Å²) in [5.41, 5.74) is -1.39. The number of rotatable bonds is 1. The lowest BCUT2D eigenvalue weighted by Crippen LogP contribution is -2.25. The van der Waals surface area contributed by atoms with Crippen molar-refractivity contribution in [3.63, 3.8) is 0 Å². The molecule has 0 atom stereocenters. The zero-order valence-electron chi connectivity index (χ0n) is 11.7. The van der Waals surface area contributed by atoms with E-state index in [1.807, 2.05) is 0 Å². The number of anilines is 1. The number of carbonyl (C=O) groups is 2. The molecule has 2 aromatic carbocycles. The lowest BCUT2D eigenvalue weighted by Gasteiger charge is -2.24. The molecule has 0 unspecified atom stereocenters. The van der Waals surface area contributed by atoms with Crippen molar-refractivity contribution in [2.24, 2.45) is 0 Å². The van der Waals surface area contributed by atoms with Crippen molar-refractivity contribution >= 4 is 33.2 Å². The van der Waals surface area contributed by atoms with Crippen LogP contribution in [0, 0.1) is 0 Å². The normalized spacial score (nSPS) is 13.6. The molecule has 0 radical (unpaired) electrons. The first-order valence-electron chi connectivity index (χ1n) is 6.57. The van der Waals surface area contributed by atoms with Crippen LogP contribution >= 0.6 is 15.9 Å². The molecule has 118 valence electrons. The minimum absolute atomic E-state index is 0.0494. The van der Waals surface area contributed by atoms with E-state index in [2.05, 4.69) is 21.2 Å². The summed E-state index contributed by atoms with van der Waals surface area (Å²) in [6.07, 6.45) is -4.66. The van der Waals surface area contributed by atoms with Gasteiger partial charge in [0, 0.05) is 22.6 Å². The second kappa shape index (κ2) is 5.19. The SMILES string of the molecule is CNc1c(C(F)(F)F)cc(Br)c2c1C(=O)c1ccccc1C2=O. The van der Waals surface area contributed by atoms with E-state index in [1.54, 1.807) is 12.1 Å². The Hall–Kier alpha value is -2.15. The molecule has 0 bridgehead atoms. The van der Waals surface area contributed by atoms with Gasteiger partial charge in [0.1, 0.15) is 0 Å². The molecule has 1 N–H and O–H groups in total. The van der Waals surface area contributed by atoms with Gasteiger partial charge in [0.15, 0.2) is 11.6 Å². The van der Waals surface area contributed by atoms with Gasteiger partial charge >= 0.3 is 6.18 Å². The van der Waals surface area contributed by atoms with Crippen molar-refractivity contribution in [3.8, 4) is 0 Å². The predicted octanol–water partition coefficient (Wildman–Crippen LogP) is 4.29. The first kappa shape index (κ1) is 15.7. The maximum atomic E-state index is 13.2. The topological polar surface area (TPSA) is 46.2 Å². The van der Waals surface area contributed by atoms with Gasteiger partial charge in [-0.2, -0.15) is 13.2 Å². The lowest BCUT2D eigenvalue weighted by atomic mass is 9.82. The van der Waals surface area contributed by atoms with E-state index in [0.29, 0.717) is 0 Å². The van der Waals surface area contributed by atoms with Gasteiger partial charge in [-0.1, -0.05) is 24.3 Å². The van der Waals surface area contributed by atoms with Crippen molar-refractivity contribution in [1.29, 1.82) is 0 Å². The maximum absolute atomic E-state index is 13.2. The summed E-state index contributed by atoms with van der Waals surface area (Å²) >= 11 is 3.01. The van der Waals surface area contributed by atoms with E-state index in [4.69, 9.17) is 0 Å². The molecule has 0 spiro atoms. The van der Waals surface area contributed by atoms with Gasteiger partial charge < -0.3 is 5.32 Å². The first-order valence-corrected chi connectivity index (χ1v) is 7.36. The molecule has 2 aromatic rings. The number of hydrogen-bond acceptors (Lipinski definition) is 3. The monoisotopic (exact) mass is 383 g/mol. The van der Waals surface area contributed by atoms with Gasteiger partial charge in [-0.25, -0.2) is 0 Å². The number of carbonyl (C=O) groups excluding carboxylic acids is 2. The Kier molecular flexibility index (Phi) is 3.55. The van der Waals surface area contributed by atoms with E-state index >= 15 is 0 Å². The van der Waals surface area contributed by atoms with E-state index < -0.39 is 23.3 Å². The molecular formula is C16H9BrF3NO2. The van der Waals surface area contributed by atoms with Crippen LogP contribution in [0.3, 0.4) is 0 Å². The zero-order chi connectivity index (χ0) is 16.9. The van der Waals surface area contributed by atoms with Gasteiger partial charge in [0.05, 0.1) is 22.4 Å². The average Bonchev–Trinajstić information content (AvgIpc) is 2.50. The summed E-state index contributed by atoms with van der Waals surface area (Å²) in [5, 5.41) is 2.43. The van der Waals surface area contributed by atoms with E-state index in [-0.39, 0.29) is 32.4 Å². The molecule has 0 aliphatic heterocycles. The van der Waals surface area contributed by atoms with Crippen molar-refractivity contribution in [2.45, 2.75) is 6.18 Å². The van der Waals surface area contributed by atoms with Gasteiger partial charge in [-0.15, -0.1) is 0 Å². The van der Waals surface area contributed by atoms with Crippen LogP contribution in [0.4, 0.5) is 18.9 Å². The minimum Gasteiger partial charge on any atom is -0.387 e.